The summed E-state index contributed by atoms with van der Waals surface area (Å²) in [6, 6.07) is 0. The maximum absolute atomic E-state index is 11.2. The molecular weight excluding hydrogens is 318 g/mol. The van der Waals surface area contributed by atoms with Gasteiger partial charge in [0.25, 0.3) is 0 Å². The van der Waals surface area contributed by atoms with Gasteiger partial charge in [-0.2, -0.15) is 0 Å². The fraction of sp³-hybridized carbons (Fsp3) is 0.429. The lowest BCUT2D eigenvalue weighted by atomic mass is 10.3. The van der Waals surface area contributed by atoms with Gasteiger partial charge in [-0.3, -0.25) is 14.4 Å². The van der Waals surface area contributed by atoms with Crippen LogP contribution < -0.4 is 5.32 Å². The van der Waals surface area contributed by atoms with Crippen LogP contribution in [0.2, 0.25) is 0 Å². The molecule has 0 aliphatic carbocycles. The first-order chi connectivity index (χ1) is 11.4. The van der Waals surface area contributed by atoms with Crippen molar-refractivity contribution in [1.82, 2.24) is 19.5 Å². The number of nitrogens with zero attached hydrogens (tertiary/aromatic N) is 4. The highest BCUT2D eigenvalue weighted by molar-refractivity contribution is 5.95. The van der Waals surface area contributed by atoms with Gasteiger partial charge in [-0.25, -0.2) is 15.0 Å². The predicted octanol–water partition coefficient (Wildman–Crippen LogP) is 0.279. The van der Waals surface area contributed by atoms with Crippen LogP contribution in [-0.2, 0) is 30.4 Å². The molecule has 0 radical (unpaired) electrons. The molecule has 0 fully saturated rings. The number of amides is 1. The smallest absolute Gasteiger partial charge is 0.303 e. The van der Waals surface area contributed by atoms with Gasteiger partial charge in [-0.1, -0.05) is 0 Å². The van der Waals surface area contributed by atoms with E-state index in [2.05, 4.69) is 20.3 Å². The van der Waals surface area contributed by atoms with Crippen LogP contribution in [0.5, 0.6) is 0 Å². The first-order valence-corrected chi connectivity index (χ1v) is 7.10. The zero-order valence-corrected chi connectivity index (χ0v) is 13.5. The summed E-state index contributed by atoms with van der Waals surface area (Å²) in [5.41, 5.74) is 0.857. The summed E-state index contributed by atoms with van der Waals surface area (Å²) in [5.74, 6) is -0.962. The van der Waals surface area contributed by atoms with Gasteiger partial charge in [-0.15, -0.1) is 0 Å². The molecule has 2 aromatic rings. The Labute approximate surface area is 137 Å². The van der Waals surface area contributed by atoms with Gasteiger partial charge >= 0.3 is 11.9 Å². The number of hydrogen-bond acceptors (Lipinski definition) is 8. The molecule has 0 saturated heterocycles. The minimum Gasteiger partial charge on any atom is -0.462 e. The number of carbonyl (C=O) groups is 3. The Morgan fingerprint density at radius 2 is 1.92 bits per heavy atom. The highest BCUT2D eigenvalue weighted by atomic mass is 16.6. The number of nitrogens with one attached hydrogen (secondary N) is 1. The lowest BCUT2D eigenvalue weighted by molar-refractivity contribution is -0.157. The fourth-order valence-corrected chi connectivity index (χ4v) is 2.06. The largest absolute Gasteiger partial charge is 0.462 e. The lowest BCUT2D eigenvalue weighted by Gasteiger charge is -2.17. The van der Waals surface area contributed by atoms with Crippen LogP contribution >= 0.6 is 0 Å². The topological polar surface area (TPSA) is 125 Å². The summed E-state index contributed by atoms with van der Waals surface area (Å²) in [6.45, 7) is 3.99. The normalized spacial score (nSPS) is 11.8. The van der Waals surface area contributed by atoms with E-state index >= 15 is 0 Å². The van der Waals surface area contributed by atoms with E-state index in [-0.39, 0.29) is 24.9 Å². The number of carbonyl (C=O) groups excluding carboxylic acids is 3. The van der Waals surface area contributed by atoms with Gasteiger partial charge in [-0.05, 0) is 0 Å². The molecule has 0 saturated carbocycles. The third-order valence-corrected chi connectivity index (χ3v) is 2.90. The maximum Gasteiger partial charge on any atom is 0.303 e. The number of esters is 2. The monoisotopic (exact) mass is 335 g/mol. The van der Waals surface area contributed by atoms with Crippen LogP contribution in [0, 0.1) is 0 Å². The number of anilines is 1. The zero-order valence-electron chi connectivity index (χ0n) is 13.5. The van der Waals surface area contributed by atoms with Crippen molar-refractivity contribution in [3.05, 3.63) is 12.7 Å². The van der Waals surface area contributed by atoms with Gasteiger partial charge in [0, 0.05) is 20.8 Å². The van der Waals surface area contributed by atoms with Crippen LogP contribution in [0.3, 0.4) is 0 Å². The van der Waals surface area contributed by atoms with Gasteiger partial charge in [0.1, 0.15) is 12.9 Å². The van der Waals surface area contributed by atoms with Crippen LogP contribution in [0.4, 0.5) is 5.82 Å². The van der Waals surface area contributed by atoms with Gasteiger partial charge in [0.2, 0.25) is 5.91 Å². The molecule has 1 unspecified atom stereocenters. The molecule has 2 aromatic heterocycles. The highest BCUT2D eigenvalue weighted by Crippen LogP contribution is 2.18. The minimum absolute atomic E-state index is 0.0851. The molecule has 0 aliphatic heterocycles. The Kier molecular flexibility index (Phi) is 5.40. The Bertz CT molecular complexity index is 772. The van der Waals surface area contributed by atoms with Gasteiger partial charge < -0.3 is 19.4 Å². The molecule has 10 heteroatoms. The van der Waals surface area contributed by atoms with E-state index in [9.17, 15) is 14.4 Å². The molecular formula is C14H17N5O5. The number of hydrogen-bond donors (Lipinski definition) is 1. The third-order valence-electron chi connectivity index (χ3n) is 2.90. The van der Waals surface area contributed by atoms with Crippen LogP contribution in [0.1, 0.15) is 20.8 Å². The molecule has 24 heavy (non-hydrogen) atoms. The average Bonchev–Trinajstić information content (AvgIpc) is 2.88. The van der Waals surface area contributed by atoms with Crippen LogP contribution in [0.25, 0.3) is 11.2 Å². The summed E-state index contributed by atoms with van der Waals surface area (Å²) < 4.78 is 11.7. The molecule has 0 spiro atoms. The molecule has 0 aromatic carbocycles. The first-order valence-electron chi connectivity index (χ1n) is 7.10. The Balaban J connectivity index is 2.24. The van der Waals surface area contributed by atoms with Crippen molar-refractivity contribution in [3.8, 4) is 0 Å². The number of aromatic nitrogens is 4. The summed E-state index contributed by atoms with van der Waals surface area (Å²) in [7, 11) is 0. The van der Waals surface area contributed by atoms with E-state index in [0.29, 0.717) is 11.2 Å². The molecule has 0 bridgehead atoms. The molecule has 1 amide bonds. The summed E-state index contributed by atoms with van der Waals surface area (Å²) in [4.78, 5) is 45.6. The van der Waals surface area contributed by atoms with Crippen LogP contribution in [0.15, 0.2) is 12.7 Å². The SMILES string of the molecule is CC(=O)Nc1ncnc2c1ncn2CC(COC(C)=O)OC(C)=O. The Morgan fingerprint density at radius 1 is 1.17 bits per heavy atom. The molecule has 2 rings (SSSR count). The van der Waals surface area contributed by atoms with Crippen molar-refractivity contribution in [1.29, 1.82) is 0 Å². The molecule has 2 heterocycles. The van der Waals surface area contributed by atoms with E-state index < -0.39 is 18.0 Å². The quantitative estimate of drug-likeness (QED) is 0.746. The second-order valence-electron chi connectivity index (χ2n) is 5.01. The molecule has 128 valence electrons. The number of rotatable bonds is 6. The molecule has 0 aliphatic rings. The number of fused-ring (bicyclic) bond motifs is 1. The van der Waals surface area contributed by atoms with Crippen molar-refractivity contribution < 1.29 is 23.9 Å². The van der Waals surface area contributed by atoms with E-state index in [4.69, 9.17) is 9.47 Å². The zero-order chi connectivity index (χ0) is 17.7. The lowest BCUT2D eigenvalue weighted by Crippen LogP contribution is -2.28. The van der Waals surface area contributed by atoms with E-state index in [1.54, 1.807) is 4.57 Å². The van der Waals surface area contributed by atoms with E-state index in [1.807, 2.05) is 0 Å². The van der Waals surface area contributed by atoms with Crippen molar-refractivity contribution in [3.63, 3.8) is 0 Å². The summed E-state index contributed by atoms with van der Waals surface area (Å²) >= 11 is 0. The van der Waals surface area contributed by atoms with Gasteiger partial charge in [0.15, 0.2) is 23.1 Å². The fourth-order valence-electron chi connectivity index (χ4n) is 2.06. The minimum atomic E-state index is -0.692. The molecule has 1 N–H and O–H groups in total. The van der Waals surface area contributed by atoms with E-state index in [0.717, 1.165) is 0 Å². The first kappa shape index (κ1) is 17.3. The Hall–Kier alpha value is -3.04. The summed E-state index contributed by atoms with van der Waals surface area (Å²) in [6.07, 6.45) is 2.08. The highest BCUT2D eigenvalue weighted by Gasteiger charge is 2.18. The van der Waals surface area contributed by atoms with E-state index in [1.165, 1.54) is 33.4 Å². The predicted molar refractivity (Wildman–Crippen MR) is 81.8 cm³/mol. The number of ether oxygens (including phenoxy) is 2. The standard InChI is InChI=1S/C14H17N5O5/c1-8(20)18-13-12-14(16-6-15-13)19(7-17-12)4-11(24-10(3)22)5-23-9(2)21/h6-7,11H,4-5H2,1-3H3,(H,15,16,18,20). The Morgan fingerprint density at radius 3 is 2.54 bits per heavy atom. The van der Waals surface area contributed by atoms with Crippen LogP contribution in [-0.4, -0.2) is 50.1 Å². The number of imidazole rings is 1. The van der Waals surface area contributed by atoms with Crippen molar-refractivity contribution >= 4 is 34.8 Å². The summed E-state index contributed by atoms with van der Waals surface area (Å²) in [5, 5.41) is 2.57. The second-order valence-corrected chi connectivity index (χ2v) is 5.01. The van der Waals surface area contributed by atoms with Crippen molar-refractivity contribution in [2.24, 2.45) is 0 Å². The maximum atomic E-state index is 11.2. The van der Waals surface area contributed by atoms with Crippen molar-refractivity contribution in [2.75, 3.05) is 11.9 Å². The van der Waals surface area contributed by atoms with Gasteiger partial charge in [0.05, 0.1) is 12.9 Å². The molecule has 1 atom stereocenters. The molecule has 10 nitrogen and oxygen atoms in total. The van der Waals surface area contributed by atoms with Crippen molar-refractivity contribution in [2.45, 2.75) is 33.4 Å². The average molecular weight is 335 g/mol. The second kappa shape index (κ2) is 7.49. The third kappa shape index (κ3) is 4.48.